The second-order valence-electron chi connectivity index (χ2n) is 4.29. The van der Waals surface area contributed by atoms with Gasteiger partial charge in [0.25, 0.3) is 0 Å². The molecule has 88 valence electrons. The number of hydrogen-bond donors (Lipinski definition) is 1. The molecule has 0 atom stereocenters. The third-order valence-corrected chi connectivity index (χ3v) is 4.89. The van der Waals surface area contributed by atoms with Crippen LogP contribution in [-0.2, 0) is 0 Å². The van der Waals surface area contributed by atoms with Crippen LogP contribution in [0.15, 0.2) is 54.6 Å². The summed E-state index contributed by atoms with van der Waals surface area (Å²) in [5, 5.41) is 4.99. The van der Waals surface area contributed by atoms with Crippen LogP contribution in [0, 0.1) is 0 Å². The average Bonchev–Trinajstić information content (AvgIpc) is 2.38. The summed E-state index contributed by atoms with van der Waals surface area (Å²) in [4.78, 5) is 0. The fraction of sp³-hybridized carbons (Fsp3) is 0.200. The highest BCUT2D eigenvalue weighted by molar-refractivity contribution is 6.53. The van der Waals surface area contributed by atoms with E-state index in [0.717, 1.165) is 5.69 Å². The van der Waals surface area contributed by atoms with Gasteiger partial charge in [0.1, 0.15) is 0 Å². The number of rotatable bonds is 5. The number of anilines is 2. The van der Waals surface area contributed by atoms with Crippen molar-refractivity contribution < 1.29 is 0 Å². The van der Waals surface area contributed by atoms with E-state index in [0.29, 0.717) is 0 Å². The summed E-state index contributed by atoms with van der Waals surface area (Å²) in [5.41, 5.74) is 2.36. The predicted molar refractivity (Wildman–Crippen MR) is 79.4 cm³/mol. The molecule has 0 fully saturated rings. The van der Waals surface area contributed by atoms with Crippen molar-refractivity contribution in [1.82, 2.24) is 0 Å². The normalized spacial score (nSPS) is 10.9. The van der Waals surface area contributed by atoms with Gasteiger partial charge in [-0.2, -0.15) is 0 Å². The molecule has 2 heteroatoms. The smallest absolute Gasteiger partial charge is 0.0548 e. The molecule has 2 aromatic carbocycles. The van der Waals surface area contributed by atoms with E-state index in [2.05, 4.69) is 60.8 Å². The Morgan fingerprint density at radius 3 is 2.47 bits per heavy atom. The Morgan fingerprint density at radius 1 is 0.941 bits per heavy atom. The van der Waals surface area contributed by atoms with E-state index < -0.39 is 0 Å². The van der Waals surface area contributed by atoms with Crippen LogP contribution in [0.5, 0.6) is 0 Å². The number of para-hydroxylation sites is 1. The highest BCUT2D eigenvalue weighted by Gasteiger charge is 1.97. The standard InChI is InChI=1S/C15H19NSi/c1-2-11-17-15-10-6-9-14(12-15)16-13-7-4-3-5-8-13/h3-10,12,16H,2,11,17H2,1H3. The van der Waals surface area contributed by atoms with Crippen molar-refractivity contribution in [3.05, 3.63) is 54.6 Å². The van der Waals surface area contributed by atoms with Gasteiger partial charge in [-0.1, -0.05) is 54.9 Å². The lowest BCUT2D eigenvalue weighted by atomic mass is 10.3. The zero-order valence-electron chi connectivity index (χ0n) is 10.3. The van der Waals surface area contributed by atoms with Gasteiger partial charge in [-0.15, -0.1) is 0 Å². The first-order valence-electron chi connectivity index (χ1n) is 6.29. The SMILES string of the molecule is CCC[SiH2]c1cccc(Nc2ccccc2)c1. The summed E-state index contributed by atoms with van der Waals surface area (Å²) in [5.74, 6) is 0. The van der Waals surface area contributed by atoms with Crippen LogP contribution in [-0.4, -0.2) is 9.52 Å². The van der Waals surface area contributed by atoms with Crippen molar-refractivity contribution in [2.24, 2.45) is 0 Å². The van der Waals surface area contributed by atoms with Crippen molar-refractivity contribution >= 4 is 26.1 Å². The minimum absolute atomic E-state index is 0.0620. The topological polar surface area (TPSA) is 12.0 Å². The molecule has 0 unspecified atom stereocenters. The van der Waals surface area contributed by atoms with Crippen molar-refractivity contribution in [2.45, 2.75) is 19.4 Å². The summed E-state index contributed by atoms with van der Waals surface area (Å²) in [7, 11) is -0.0620. The second kappa shape index (κ2) is 6.26. The highest BCUT2D eigenvalue weighted by atomic mass is 28.2. The summed E-state index contributed by atoms with van der Waals surface area (Å²) < 4.78 is 0. The molecular formula is C15H19NSi. The predicted octanol–water partition coefficient (Wildman–Crippen LogP) is 3.05. The van der Waals surface area contributed by atoms with Gasteiger partial charge in [0, 0.05) is 11.4 Å². The molecule has 0 radical (unpaired) electrons. The van der Waals surface area contributed by atoms with Crippen molar-refractivity contribution in [1.29, 1.82) is 0 Å². The number of benzene rings is 2. The molecule has 0 aliphatic heterocycles. The summed E-state index contributed by atoms with van der Waals surface area (Å²) in [6.07, 6.45) is 1.31. The first-order chi connectivity index (χ1) is 8.38. The monoisotopic (exact) mass is 241 g/mol. The van der Waals surface area contributed by atoms with Gasteiger partial charge in [-0.3, -0.25) is 0 Å². The molecule has 17 heavy (non-hydrogen) atoms. The van der Waals surface area contributed by atoms with E-state index in [9.17, 15) is 0 Å². The molecule has 0 saturated heterocycles. The summed E-state index contributed by atoms with van der Waals surface area (Å²) >= 11 is 0. The molecule has 1 nitrogen and oxygen atoms in total. The quantitative estimate of drug-likeness (QED) is 0.793. The minimum Gasteiger partial charge on any atom is -0.356 e. The van der Waals surface area contributed by atoms with Gasteiger partial charge in [-0.05, 0) is 24.3 Å². The maximum atomic E-state index is 3.44. The summed E-state index contributed by atoms with van der Waals surface area (Å²) in [6, 6.07) is 20.6. The molecule has 0 heterocycles. The Morgan fingerprint density at radius 2 is 1.71 bits per heavy atom. The molecule has 0 aromatic heterocycles. The van der Waals surface area contributed by atoms with Crippen LogP contribution in [0.25, 0.3) is 0 Å². The van der Waals surface area contributed by atoms with Gasteiger partial charge < -0.3 is 5.32 Å². The molecule has 0 bridgehead atoms. The fourth-order valence-electron chi connectivity index (χ4n) is 1.87. The number of hydrogen-bond acceptors (Lipinski definition) is 1. The van der Waals surface area contributed by atoms with Gasteiger partial charge in [0.2, 0.25) is 0 Å². The molecule has 2 rings (SSSR count). The van der Waals surface area contributed by atoms with Gasteiger partial charge in [0.15, 0.2) is 0 Å². The Labute approximate surface area is 106 Å². The van der Waals surface area contributed by atoms with Gasteiger partial charge in [-0.25, -0.2) is 0 Å². The molecular weight excluding hydrogens is 222 g/mol. The first-order valence-corrected chi connectivity index (χ1v) is 8.00. The first kappa shape index (κ1) is 11.9. The van der Waals surface area contributed by atoms with Crippen LogP contribution in [0.2, 0.25) is 6.04 Å². The Hall–Kier alpha value is -1.54. The largest absolute Gasteiger partial charge is 0.356 e. The van der Waals surface area contributed by atoms with Crippen LogP contribution in [0.3, 0.4) is 0 Å². The number of nitrogens with one attached hydrogen (secondary N) is 1. The lowest BCUT2D eigenvalue weighted by Crippen LogP contribution is -2.13. The lowest BCUT2D eigenvalue weighted by Gasteiger charge is -2.08. The highest BCUT2D eigenvalue weighted by Crippen LogP contribution is 2.14. The molecule has 1 N–H and O–H groups in total. The third-order valence-electron chi connectivity index (χ3n) is 2.81. The van der Waals surface area contributed by atoms with E-state index in [1.54, 1.807) is 5.19 Å². The zero-order valence-corrected chi connectivity index (χ0v) is 11.7. The average molecular weight is 241 g/mol. The van der Waals surface area contributed by atoms with Crippen LogP contribution in [0.1, 0.15) is 13.3 Å². The Balaban J connectivity index is 2.06. The fourth-order valence-corrected chi connectivity index (χ4v) is 3.30. The lowest BCUT2D eigenvalue weighted by molar-refractivity contribution is 1.08. The Bertz CT molecular complexity index is 453. The molecule has 0 spiro atoms. The van der Waals surface area contributed by atoms with E-state index >= 15 is 0 Å². The van der Waals surface area contributed by atoms with Crippen molar-refractivity contribution in [3.63, 3.8) is 0 Å². The van der Waals surface area contributed by atoms with Gasteiger partial charge >= 0.3 is 0 Å². The van der Waals surface area contributed by atoms with Crippen molar-refractivity contribution in [2.75, 3.05) is 5.32 Å². The van der Waals surface area contributed by atoms with E-state index in [1.807, 2.05) is 6.07 Å². The second-order valence-corrected chi connectivity index (χ2v) is 6.32. The van der Waals surface area contributed by atoms with Crippen LogP contribution < -0.4 is 10.5 Å². The van der Waals surface area contributed by atoms with E-state index in [4.69, 9.17) is 0 Å². The molecule has 2 aromatic rings. The maximum Gasteiger partial charge on any atom is 0.0548 e. The van der Waals surface area contributed by atoms with E-state index in [1.165, 1.54) is 18.2 Å². The maximum absolute atomic E-state index is 3.44. The molecule has 0 aliphatic carbocycles. The van der Waals surface area contributed by atoms with Gasteiger partial charge in [0.05, 0.1) is 9.52 Å². The third kappa shape index (κ3) is 3.75. The van der Waals surface area contributed by atoms with Crippen LogP contribution in [0.4, 0.5) is 11.4 Å². The van der Waals surface area contributed by atoms with Crippen molar-refractivity contribution in [3.8, 4) is 0 Å². The molecule has 0 saturated carbocycles. The minimum atomic E-state index is -0.0620. The van der Waals surface area contributed by atoms with Crippen LogP contribution >= 0.6 is 0 Å². The Kier molecular flexibility index (Phi) is 4.39. The van der Waals surface area contributed by atoms with E-state index in [-0.39, 0.29) is 9.52 Å². The zero-order chi connectivity index (χ0) is 11.9. The molecule has 0 amide bonds. The molecule has 0 aliphatic rings. The summed E-state index contributed by atoms with van der Waals surface area (Å²) in [6.45, 7) is 2.26.